The Labute approximate surface area is 247 Å². The summed E-state index contributed by atoms with van der Waals surface area (Å²) in [4.78, 5) is 12.7. The number of rotatable bonds is 10. The number of benzene rings is 1. The number of amides is 1. The predicted octanol–water partition coefficient (Wildman–Crippen LogP) is 5.71. The topological polar surface area (TPSA) is 105 Å². The van der Waals surface area contributed by atoms with Gasteiger partial charge in [-0.15, -0.1) is 0 Å². The summed E-state index contributed by atoms with van der Waals surface area (Å²) in [5.74, 6) is -0.183. The van der Waals surface area contributed by atoms with Gasteiger partial charge in [0.15, 0.2) is 14.1 Å². The van der Waals surface area contributed by atoms with E-state index in [1.165, 1.54) is 0 Å². The van der Waals surface area contributed by atoms with Crippen molar-refractivity contribution in [1.82, 2.24) is 5.32 Å². The van der Waals surface area contributed by atoms with Crippen LogP contribution in [0.3, 0.4) is 0 Å². The number of hydrogen-bond donors (Lipinski definition) is 2. The van der Waals surface area contributed by atoms with E-state index in [9.17, 15) is 9.90 Å². The number of ether oxygens (including phenoxy) is 5. The van der Waals surface area contributed by atoms with Crippen LogP contribution in [-0.4, -0.2) is 74.6 Å². The van der Waals surface area contributed by atoms with Crippen LogP contribution in [0.25, 0.3) is 0 Å². The minimum Gasteiger partial charge on any atom is -0.497 e. The summed E-state index contributed by atoms with van der Waals surface area (Å²) in [6.45, 7) is 20.1. The van der Waals surface area contributed by atoms with Gasteiger partial charge < -0.3 is 38.5 Å². The molecule has 9 nitrogen and oxygen atoms in total. The number of nitrogens with one attached hydrogen (secondary N) is 1. The zero-order valence-electron chi connectivity index (χ0n) is 26.7. The molecule has 0 bridgehead atoms. The van der Waals surface area contributed by atoms with Crippen LogP contribution < -0.4 is 10.1 Å². The van der Waals surface area contributed by atoms with Crippen molar-refractivity contribution in [1.29, 1.82) is 0 Å². The smallest absolute Gasteiger partial charge is 0.407 e. The van der Waals surface area contributed by atoms with E-state index in [1.54, 1.807) is 27.9 Å². The second-order valence-electron chi connectivity index (χ2n) is 14.0. The standard InChI is InChI=1S/C31H51NO8Si/c1-28(2,3)38-27(34)32-22(19-33)18-31-25(39-41(10,11)29(4,5)6)17-16-24(26(31)37-30(7,8)40-31)36-20-21-12-14-23(35-9)15-13-21/h12-17,22,24-26,33H,18-20H2,1-11H3,(H,32,34)/t22-,24+,25+,26?,31?/m0/s1. The van der Waals surface area contributed by atoms with Crippen LogP contribution in [0.15, 0.2) is 36.4 Å². The first-order chi connectivity index (χ1) is 18.8. The van der Waals surface area contributed by atoms with Crippen molar-refractivity contribution in [3.05, 3.63) is 42.0 Å². The van der Waals surface area contributed by atoms with Crippen LogP contribution in [0, 0.1) is 0 Å². The first-order valence-corrected chi connectivity index (χ1v) is 17.3. The zero-order chi connectivity index (χ0) is 30.9. The maximum Gasteiger partial charge on any atom is 0.407 e. The molecule has 10 heteroatoms. The highest BCUT2D eigenvalue weighted by atomic mass is 28.4. The number of carbonyl (C=O) groups excluding carboxylic acids is 1. The molecule has 2 aliphatic rings. The van der Waals surface area contributed by atoms with E-state index in [4.69, 9.17) is 28.1 Å². The summed E-state index contributed by atoms with van der Waals surface area (Å²) in [5, 5.41) is 13.2. The van der Waals surface area contributed by atoms with Gasteiger partial charge in [-0.3, -0.25) is 0 Å². The molecule has 2 unspecified atom stereocenters. The highest BCUT2D eigenvalue weighted by Crippen LogP contribution is 2.50. The van der Waals surface area contributed by atoms with Crippen molar-refractivity contribution in [2.75, 3.05) is 13.7 Å². The third-order valence-corrected chi connectivity index (χ3v) is 12.4. The van der Waals surface area contributed by atoms with E-state index >= 15 is 0 Å². The van der Waals surface area contributed by atoms with Crippen LogP contribution in [0.5, 0.6) is 5.75 Å². The number of alkyl carbamates (subject to hydrolysis) is 1. The molecule has 0 spiro atoms. The van der Waals surface area contributed by atoms with E-state index in [2.05, 4.69) is 39.2 Å². The Balaban J connectivity index is 1.97. The maximum atomic E-state index is 12.7. The fourth-order valence-corrected chi connectivity index (χ4v) is 6.24. The average molecular weight is 594 g/mol. The number of aliphatic hydroxyl groups excluding tert-OH is 1. The Hall–Kier alpha value is -1.95. The molecule has 5 atom stereocenters. The van der Waals surface area contributed by atoms with Gasteiger partial charge in [0.05, 0.1) is 32.5 Å². The number of carbonyl (C=O) groups is 1. The van der Waals surface area contributed by atoms with Crippen LogP contribution in [0.2, 0.25) is 18.1 Å². The molecule has 1 aliphatic carbocycles. The Morgan fingerprint density at radius 1 is 1.10 bits per heavy atom. The Morgan fingerprint density at radius 3 is 2.27 bits per heavy atom. The third kappa shape index (κ3) is 8.33. The molecule has 1 aromatic rings. The van der Waals surface area contributed by atoms with Crippen LogP contribution >= 0.6 is 0 Å². The molecule has 232 valence electrons. The Kier molecular flexibility index (Phi) is 10.1. The van der Waals surface area contributed by atoms with Crippen LogP contribution in [0.4, 0.5) is 4.79 Å². The highest BCUT2D eigenvalue weighted by Gasteiger charge is 2.63. The molecule has 0 radical (unpaired) electrons. The summed E-state index contributed by atoms with van der Waals surface area (Å²) in [5.41, 5.74) is -0.745. The lowest BCUT2D eigenvalue weighted by molar-refractivity contribution is -0.180. The lowest BCUT2D eigenvalue weighted by atomic mass is 9.78. The minimum absolute atomic E-state index is 0.0562. The lowest BCUT2D eigenvalue weighted by Gasteiger charge is -2.49. The van der Waals surface area contributed by atoms with Crippen LogP contribution in [-0.2, 0) is 30.0 Å². The van der Waals surface area contributed by atoms with Gasteiger partial charge in [-0.25, -0.2) is 4.79 Å². The normalized spacial score (nSPS) is 26.8. The van der Waals surface area contributed by atoms with Crippen molar-refractivity contribution >= 4 is 14.4 Å². The Bertz CT molecular complexity index is 1060. The number of hydrogen-bond acceptors (Lipinski definition) is 8. The second kappa shape index (κ2) is 12.3. The summed E-state index contributed by atoms with van der Waals surface area (Å²) in [6, 6.07) is 7.04. The van der Waals surface area contributed by atoms with E-state index in [0.717, 1.165) is 11.3 Å². The molecule has 41 heavy (non-hydrogen) atoms. The van der Waals surface area contributed by atoms with Crippen LogP contribution in [0.1, 0.15) is 67.4 Å². The van der Waals surface area contributed by atoms with E-state index in [1.807, 2.05) is 50.3 Å². The van der Waals surface area contributed by atoms with Gasteiger partial charge in [0.1, 0.15) is 29.2 Å². The van der Waals surface area contributed by atoms with E-state index in [-0.39, 0.29) is 18.1 Å². The molecule has 1 heterocycles. The SMILES string of the molecule is COc1ccc(CO[C@@H]2C=C[C@@H](O[Si](C)(C)C(C)(C)C)C3(C[C@@H](CO)NC(=O)OC(C)(C)C)OC(C)(C)OC23)cc1. The average Bonchev–Trinajstić information content (AvgIpc) is 3.12. The van der Waals surface area contributed by atoms with Gasteiger partial charge >= 0.3 is 6.09 Å². The highest BCUT2D eigenvalue weighted by molar-refractivity contribution is 6.74. The molecule has 1 fully saturated rings. The van der Waals surface area contributed by atoms with Crippen molar-refractivity contribution in [3.63, 3.8) is 0 Å². The molecule has 3 rings (SSSR count). The molecule has 1 saturated heterocycles. The first-order valence-electron chi connectivity index (χ1n) is 14.4. The summed E-state index contributed by atoms with van der Waals surface area (Å²) in [7, 11) is -0.651. The summed E-state index contributed by atoms with van der Waals surface area (Å²) >= 11 is 0. The van der Waals surface area contributed by atoms with Gasteiger partial charge in [-0.05, 0) is 70.4 Å². The third-order valence-electron chi connectivity index (χ3n) is 7.92. The second-order valence-corrected chi connectivity index (χ2v) is 18.8. The largest absolute Gasteiger partial charge is 0.497 e. The Morgan fingerprint density at radius 2 is 1.73 bits per heavy atom. The number of methoxy groups -OCH3 is 1. The van der Waals surface area contributed by atoms with Crippen molar-refractivity contribution in [2.24, 2.45) is 0 Å². The van der Waals surface area contributed by atoms with Gasteiger partial charge in [0.2, 0.25) is 0 Å². The molecule has 1 amide bonds. The van der Waals surface area contributed by atoms with Gasteiger partial charge in [-0.2, -0.15) is 0 Å². The maximum absolute atomic E-state index is 12.7. The minimum atomic E-state index is -2.29. The quantitative estimate of drug-likeness (QED) is 0.263. The monoisotopic (exact) mass is 593 g/mol. The molecule has 1 aliphatic heterocycles. The molecule has 1 aromatic carbocycles. The molecule has 0 saturated carbocycles. The van der Waals surface area contributed by atoms with E-state index in [0.29, 0.717) is 6.61 Å². The molecular formula is C31H51NO8Si. The molecule has 0 aromatic heterocycles. The number of fused-ring (bicyclic) bond motifs is 1. The molecule has 2 N–H and O–H groups in total. The van der Waals surface area contributed by atoms with Gasteiger partial charge in [-0.1, -0.05) is 45.1 Å². The van der Waals surface area contributed by atoms with E-state index < -0.39 is 55.8 Å². The van der Waals surface area contributed by atoms with Crippen molar-refractivity contribution < 1.29 is 38.0 Å². The first kappa shape index (κ1) is 33.5. The summed E-state index contributed by atoms with van der Waals surface area (Å²) in [6.07, 6.45) is 2.09. The number of aliphatic hydroxyl groups is 1. The fourth-order valence-electron chi connectivity index (χ4n) is 4.97. The van der Waals surface area contributed by atoms with Crippen molar-refractivity contribution in [2.45, 2.75) is 128 Å². The van der Waals surface area contributed by atoms with Gasteiger partial charge in [0, 0.05) is 6.42 Å². The fraction of sp³-hybridized carbons (Fsp3) is 0.710. The molecular weight excluding hydrogens is 542 g/mol. The van der Waals surface area contributed by atoms with Crippen molar-refractivity contribution in [3.8, 4) is 5.75 Å². The van der Waals surface area contributed by atoms with Gasteiger partial charge in [0.25, 0.3) is 0 Å². The predicted molar refractivity (Wildman–Crippen MR) is 160 cm³/mol. The summed E-state index contributed by atoms with van der Waals surface area (Å²) < 4.78 is 37.5. The lowest BCUT2D eigenvalue weighted by Crippen LogP contribution is -2.63. The zero-order valence-corrected chi connectivity index (χ0v) is 27.7.